The number of morpholine rings is 1. The van der Waals surface area contributed by atoms with Gasteiger partial charge in [-0.2, -0.15) is 4.31 Å². The van der Waals surface area contributed by atoms with E-state index in [4.69, 9.17) is 9.47 Å². The van der Waals surface area contributed by atoms with E-state index in [0.29, 0.717) is 55.4 Å². The summed E-state index contributed by atoms with van der Waals surface area (Å²) < 4.78 is 39.9. The molecule has 1 aliphatic carbocycles. The van der Waals surface area contributed by atoms with Gasteiger partial charge in [0.25, 0.3) is 0 Å². The molecule has 10 nitrogen and oxygen atoms in total. The summed E-state index contributed by atoms with van der Waals surface area (Å²) in [5.41, 5.74) is 0.295. The van der Waals surface area contributed by atoms with E-state index in [1.807, 2.05) is 4.57 Å². The molecule has 1 saturated carbocycles. The van der Waals surface area contributed by atoms with Crippen LogP contribution in [0.3, 0.4) is 0 Å². The lowest BCUT2D eigenvalue weighted by Crippen LogP contribution is -2.40. The molecule has 4 rings (SSSR count). The number of carbonyl (C=O) groups excluding carboxylic acids is 1. The van der Waals surface area contributed by atoms with Gasteiger partial charge in [-0.15, -0.1) is 16.8 Å². The molecule has 0 spiro atoms. The highest BCUT2D eigenvalue weighted by molar-refractivity contribution is 7.99. The van der Waals surface area contributed by atoms with Crippen molar-refractivity contribution in [2.45, 2.75) is 35.4 Å². The highest BCUT2D eigenvalue weighted by Gasteiger charge is 2.30. The Morgan fingerprint density at radius 2 is 2.09 bits per heavy atom. The van der Waals surface area contributed by atoms with E-state index in [0.717, 1.165) is 18.7 Å². The van der Waals surface area contributed by atoms with Crippen LogP contribution in [0, 0.1) is 0 Å². The predicted molar refractivity (Wildman–Crippen MR) is 124 cm³/mol. The molecule has 0 bridgehead atoms. The number of benzene rings is 1. The van der Waals surface area contributed by atoms with E-state index >= 15 is 0 Å². The normalized spacial score (nSPS) is 17.0. The molecule has 2 heterocycles. The van der Waals surface area contributed by atoms with Crippen molar-refractivity contribution in [1.29, 1.82) is 0 Å². The summed E-state index contributed by atoms with van der Waals surface area (Å²) in [5.74, 6) is 1.52. The average Bonchev–Trinajstić information content (AvgIpc) is 3.59. The molecule has 2 fully saturated rings. The van der Waals surface area contributed by atoms with Crippen LogP contribution in [0.4, 0.5) is 5.69 Å². The Labute approximate surface area is 197 Å². The molecule has 178 valence electrons. The molecule has 1 aliphatic heterocycles. The summed E-state index contributed by atoms with van der Waals surface area (Å²) >= 11 is 1.27. The van der Waals surface area contributed by atoms with Crippen LogP contribution in [0.2, 0.25) is 0 Å². The third-order valence-electron chi connectivity index (χ3n) is 5.38. The number of hydrogen-bond acceptors (Lipinski definition) is 8. The Balaban J connectivity index is 1.46. The summed E-state index contributed by atoms with van der Waals surface area (Å²) in [6, 6.07) is 4.45. The number of nitrogens with zero attached hydrogens (tertiary/aromatic N) is 4. The fraction of sp³-hybridized carbons (Fsp3) is 0.476. The highest BCUT2D eigenvalue weighted by atomic mass is 32.2. The van der Waals surface area contributed by atoms with Gasteiger partial charge in [-0.25, -0.2) is 8.42 Å². The first-order valence-electron chi connectivity index (χ1n) is 10.7. The minimum Gasteiger partial charge on any atom is -0.495 e. The Morgan fingerprint density at radius 1 is 1.33 bits per heavy atom. The second kappa shape index (κ2) is 10.2. The third-order valence-corrected chi connectivity index (χ3v) is 8.25. The molecule has 1 amide bonds. The number of thioether (sulfide) groups is 1. The van der Waals surface area contributed by atoms with Gasteiger partial charge in [-0.3, -0.25) is 4.79 Å². The van der Waals surface area contributed by atoms with Crippen molar-refractivity contribution in [1.82, 2.24) is 19.1 Å². The first kappa shape index (κ1) is 23.7. The molecular formula is C21H27N5O5S2. The van der Waals surface area contributed by atoms with E-state index in [2.05, 4.69) is 22.1 Å². The largest absolute Gasteiger partial charge is 0.495 e. The van der Waals surface area contributed by atoms with E-state index in [9.17, 15) is 13.2 Å². The van der Waals surface area contributed by atoms with Crippen molar-refractivity contribution in [2.24, 2.45) is 0 Å². The molecule has 0 atom stereocenters. The fourth-order valence-electron chi connectivity index (χ4n) is 3.55. The van der Waals surface area contributed by atoms with Crippen molar-refractivity contribution in [3.05, 3.63) is 36.7 Å². The van der Waals surface area contributed by atoms with Gasteiger partial charge >= 0.3 is 0 Å². The second-order valence-corrected chi connectivity index (χ2v) is 10.6. The Morgan fingerprint density at radius 3 is 2.76 bits per heavy atom. The quantitative estimate of drug-likeness (QED) is 0.395. The lowest BCUT2D eigenvalue weighted by molar-refractivity contribution is -0.113. The van der Waals surface area contributed by atoms with Crippen molar-refractivity contribution in [3.63, 3.8) is 0 Å². The molecule has 1 aromatic carbocycles. The van der Waals surface area contributed by atoms with Gasteiger partial charge in [0.05, 0.1) is 36.7 Å². The summed E-state index contributed by atoms with van der Waals surface area (Å²) in [7, 11) is -2.24. The molecular weight excluding hydrogens is 466 g/mol. The molecule has 2 aromatic rings. The van der Waals surface area contributed by atoms with Gasteiger partial charge in [0, 0.05) is 25.6 Å². The topological polar surface area (TPSA) is 116 Å². The maximum absolute atomic E-state index is 13.0. The van der Waals surface area contributed by atoms with E-state index in [1.165, 1.54) is 35.3 Å². The van der Waals surface area contributed by atoms with E-state index in [1.54, 1.807) is 12.1 Å². The van der Waals surface area contributed by atoms with Gasteiger partial charge in [0.15, 0.2) is 5.16 Å². The lowest BCUT2D eigenvalue weighted by Gasteiger charge is -2.26. The van der Waals surface area contributed by atoms with Crippen LogP contribution < -0.4 is 10.1 Å². The predicted octanol–water partition coefficient (Wildman–Crippen LogP) is 2.10. The zero-order chi connectivity index (χ0) is 23.4. The van der Waals surface area contributed by atoms with Crippen LogP contribution in [0.5, 0.6) is 5.75 Å². The number of methoxy groups -OCH3 is 1. The number of carbonyl (C=O) groups is 1. The zero-order valence-corrected chi connectivity index (χ0v) is 20.0. The van der Waals surface area contributed by atoms with Gasteiger partial charge in [0.2, 0.25) is 15.9 Å². The lowest BCUT2D eigenvalue weighted by atomic mass is 10.3. The second-order valence-electron chi connectivity index (χ2n) is 7.73. The molecule has 0 unspecified atom stereocenters. The smallest absolute Gasteiger partial charge is 0.243 e. The third kappa shape index (κ3) is 5.40. The zero-order valence-electron chi connectivity index (χ0n) is 18.4. The number of rotatable bonds is 10. The number of allylic oxidation sites excluding steroid dienone is 1. The summed E-state index contributed by atoms with van der Waals surface area (Å²) in [5, 5.41) is 11.9. The first-order valence-corrected chi connectivity index (χ1v) is 13.1. The Bertz CT molecular complexity index is 1120. The SMILES string of the molecule is C=CCn1c(SCC(=O)Nc2cc(S(=O)(=O)N3CCOCC3)ccc2OC)nnc1C1CC1. The monoisotopic (exact) mass is 493 g/mol. The van der Waals surface area contributed by atoms with Crippen LogP contribution in [0.1, 0.15) is 24.6 Å². The number of amides is 1. The summed E-state index contributed by atoms with van der Waals surface area (Å²) in [6.07, 6.45) is 3.98. The van der Waals surface area contributed by atoms with Gasteiger partial charge in [-0.1, -0.05) is 17.8 Å². The maximum atomic E-state index is 13.0. The molecule has 1 saturated heterocycles. The number of sulfonamides is 1. The first-order chi connectivity index (χ1) is 15.9. The molecule has 33 heavy (non-hydrogen) atoms. The summed E-state index contributed by atoms with van der Waals surface area (Å²) in [6.45, 7) is 5.67. The van der Waals surface area contributed by atoms with Crippen molar-refractivity contribution in [2.75, 3.05) is 44.5 Å². The van der Waals surface area contributed by atoms with Crippen molar-refractivity contribution >= 4 is 33.4 Å². The molecule has 2 aliphatic rings. The minimum atomic E-state index is -3.70. The van der Waals surface area contributed by atoms with Gasteiger partial charge in [0.1, 0.15) is 11.6 Å². The standard InChI is InChI=1S/C21H27N5O5S2/c1-3-8-26-20(15-4-5-15)23-24-21(26)32-14-19(27)22-17-13-16(6-7-18(17)30-2)33(28,29)25-9-11-31-12-10-25/h3,6-7,13,15H,1,4-5,8-12,14H2,2H3,(H,22,27). The Hall–Kier alpha value is -2.41. The van der Waals surface area contributed by atoms with Crippen molar-refractivity contribution in [3.8, 4) is 5.75 Å². The molecule has 12 heteroatoms. The minimum absolute atomic E-state index is 0.0868. The number of hydrogen-bond donors (Lipinski definition) is 1. The van der Waals surface area contributed by atoms with Gasteiger partial charge < -0.3 is 19.4 Å². The number of aromatic nitrogens is 3. The van der Waals surface area contributed by atoms with Crippen LogP contribution in [-0.4, -0.2) is 72.6 Å². The molecule has 1 aromatic heterocycles. The summed E-state index contributed by atoms with van der Waals surface area (Å²) in [4.78, 5) is 12.8. The van der Waals surface area contributed by atoms with Crippen LogP contribution in [0.25, 0.3) is 0 Å². The van der Waals surface area contributed by atoms with Crippen molar-refractivity contribution < 1.29 is 22.7 Å². The highest BCUT2D eigenvalue weighted by Crippen LogP contribution is 2.40. The van der Waals surface area contributed by atoms with Crippen LogP contribution >= 0.6 is 11.8 Å². The van der Waals surface area contributed by atoms with Crippen LogP contribution in [-0.2, 0) is 26.1 Å². The van der Waals surface area contributed by atoms with Gasteiger partial charge in [-0.05, 0) is 31.0 Å². The number of ether oxygens (including phenoxy) is 2. The molecule has 0 radical (unpaired) electrons. The van der Waals surface area contributed by atoms with E-state index < -0.39 is 10.0 Å². The fourth-order valence-corrected chi connectivity index (χ4v) is 5.74. The van der Waals surface area contributed by atoms with Crippen LogP contribution in [0.15, 0.2) is 40.9 Å². The Kier molecular flexibility index (Phi) is 7.37. The maximum Gasteiger partial charge on any atom is 0.243 e. The average molecular weight is 494 g/mol. The number of nitrogens with one attached hydrogen (secondary N) is 1. The van der Waals surface area contributed by atoms with E-state index in [-0.39, 0.29) is 16.6 Å². The number of anilines is 1. The molecule has 1 N–H and O–H groups in total.